The van der Waals surface area contributed by atoms with Gasteiger partial charge in [0.1, 0.15) is 5.01 Å². The summed E-state index contributed by atoms with van der Waals surface area (Å²) in [5.74, 6) is 0.508. The molecular formula is C13H24N4O2S. The van der Waals surface area contributed by atoms with Crippen LogP contribution in [0.4, 0.5) is 9.93 Å². The Morgan fingerprint density at radius 3 is 2.60 bits per heavy atom. The molecule has 20 heavy (non-hydrogen) atoms. The predicted octanol–water partition coefficient (Wildman–Crippen LogP) is 2.36. The molecule has 0 aliphatic heterocycles. The Morgan fingerprint density at radius 1 is 1.45 bits per heavy atom. The van der Waals surface area contributed by atoms with E-state index < -0.39 is 5.60 Å². The van der Waals surface area contributed by atoms with E-state index in [4.69, 9.17) is 0 Å². The van der Waals surface area contributed by atoms with Crippen molar-refractivity contribution < 1.29 is 9.90 Å². The van der Waals surface area contributed by atoms with Gasteiger partial charge >= 0.3 is 6.03 Å². The number of hydrogen-bond donors (Lipinski definition) is 2. The van der Waals surface area contributed by atoms with Crippen molar-refractivity contribution in [3.63, 3.8) is 0 Å². The van der Waals surface area contributed by atoms with Crippen LogP contribution in [0.1, 0.15) is 39.6 Å². The Labute approximate surface area is 124 Å². The van der Waals surface area contributed by atoms with Gasteiger partial charge in [-0.3, -0.25) is 5.32 Å². The molecule has 6 nitrogen and oxygen atoms in total. The summed E-state index contributed by atoms with van der Waals surface area (Å²) in [6.07, 6.45) is 0.856. The van der Waals surface area contributed by atoms with Crippen molar-refractivity contribution in [2.24, 2.45) is 5.92 Å². The number of carbonyl (C=O) groups is 1. The number of nitrogens with zero attached hydrogens (tertiary/aromatic N) is 3. The lowest BCUT2D eigenvalue weighted by molar-refractivity contribution is 0.0501. The zero-order chi connectivity index (χ0) is 15.3. The van der Waals surface area contributed by atoms with Gasteiger partial charge < -0.3 is 10.0 Å². The molecule has 114 valence electrons. The van der Waals surface area contributed by atoms with Crippen LogP contribution in [0, 0.1) is 5.92 Å². The highest BCUT2D eigenvalue weighted by molar-refractivity contribution is 7.15. The molecular weight excluding hydrogens is 276 g/mol. The summed E-state index contributed by atoms with van der Waals surface area (Å²) in [6.45, 7) is 10.2. The molecule has 2 amide bonds. The summed E-state index contributed by atoms with van der Waals surface area (Å²) in [7, 11) is 0. The third-order valence-corrected chi connectivity index (χ3v) is 3.37. The number of rotatable bonds is 6. The largest absolute Gasteiger partial charge is 0.389 e. The highest BCUT2D eigenvalue weighted by atomic mass is 32.1. The van der Waals surface area contributed by atoms with Crippen LogP contribution in [0.3, 0.4) is 0 Å². The second-order valence-electron chi connectivity index (χ2n) is 5.86. The maximum Gasteiger partial charge on any atom is 0.323 e. The first-order valence-electron chi connectivity index (χ1n) is 6.82. The molecule has 0 aliphatic rings. The minimum Gasteiger partial charge on any atom is -0.389 e. The zero-order valence-electron chi connectivity index (χ0n) is 12.8. The molecule has 0 aliphatic carbocycles. The molecule has 0 bridgehead atoms. The fourth-order valence-corrected chi connectivity index (χ4v) is 2.64. The Balaban J connectivity index is 2.62. The van der Waals surface area contributed by atoms with Gasteiger partial charge in [-0.1, -0.05) is 25.2 Å². The molecule has 7 heteroatoms. The number of anilines is 1. The van der Waals surface area contributed by atoms with Crippen LogP contribution < -0.4 is 5.32 Å². The van der Waals surface area contributed by atoms with Gasteiger partial charge in [-0.2, -0.15) is 0 Å². The Bertz CT molecular complexity index is 440. The first-order valence-corrected chi connectivity index (χ1v) is 7.63. The number of urea groups is 1. The Kier molecular flexibility index (Phi) is 5.88. The van der Waals surface area contributed by atoms with E-state index in [-0.39, 0.29) is 12.6 Å². The quantitative estimate of drug-likeness (QED) is 0.845. The van der Waals surface area contributed by atoms with E-state index in [9.17, 15) is 9.90 Å². The van der Waals surface area contributed by atoms with Crippen LogP contribution in [0.2, 0.25) is 0 Å². The van der Waals surface area contributed by atoms with Gasteiger partial charge in [0.05, 0.1) is 12.1 Å². The number of amides is 2. The van der Waals surface area contributed by atoms with Crippen LogP contribution in [0.25, 0.3) is 0 Å². The highest BCUT2D eigenvalue weighted by Gasteiger charge is 2.22. The number of aliphatic hydroxyl groups is 1. The van der Waals surface area contributed by atoms with Gasteiger partial charge in [0.25, 0.3) is 0 Å². The lowest BCUT2D eigenvalue weighted by Crippen LogP contribution is -2.44. The van der Waals surface area contributed by atoms with E-state index in [2.05, 4.69) is 29.4 Å². The van der Waals surface area contributed by atoms with Gasteiger partial charge in [-0.15, -0.1) is 10.2 Å². The van der Waals surface area contributed by atoms with Gasteiger partial charge in [0, 0.05) is 13.0 Å². The summed E-state index contributed by atoms with van der Waals surface area (Å²) in [4.78, 5) is 13.6. The summed E-state index contributed by atoms with van der Waals surface area (Å²) in [6, 6.07) is -0.262. The second-order valence-corrected chi connectivity index (χ2v) is 6.92. The average molecular weight is 300 g/mol. The van der Waals surface area contributed by atoms with Crippen molar-refractivity contribution in [3.8, 4) is 0 Å². The molecule has 0 saturated heterocycles. The van der Waals surface area contributed by atoms with E-state index in [1.165, 1.54) is 11.3 Å². The van der Waals surface area contributed by atoms with Crippen molar-refractivity contribution >= 4 is 22.5 Å². The highest BCUT2D eigenvalue weighted by Crippen LogP contribution is 2.19. The van der Waals surface area contributed by atoms with Gasteiger partial charge in [-0.05, 0) is 26.7 Å². The molecule has 0 spiro atoms. The van der Waals surface area contributed by atoms with Crippen LogP contribution in [-0.2, 0) is 6.42 Å². The van der Waals surface area contributed by atoms with E-state index in [0.717, 1.165) is 11.4 Å². The van der Waals surface area contributed by atoms with Gasteiger partial charge in [-0.25, -0.2) is 4.79 Å². The summed E-state index contributed by atoms with van der Waals surface area (Å²) >= 11 is 1.39. The monoisotopic (exact) mass is 300 g/mol. The van der Waals surface area contributed by atoms with Gasteiger partial charge in [0.2, 0.25) is 5.13 Å². The van der Waals surface area contributed by atoms with Crippen LogP contribution in [-0.4, -0.2) is 44.9 Å². The van der Waals surface area contributed by atoms with E-state index in [1.807, 2.05) is 6.92 Å². The molecule has 0 atom stereocenters. The molecule has 0 aromatic carbocycles. The molecule has 2 N–H and O–H groups in total. The fraction of sp³-hybridized carbons (Fsp3) is 0.769. The van der Waals surface area contributed by atoms with Crippen molar-refractivity contribution in [3.05, 3.63) is 5.01 Å². The third-order valence-electron chi connectivity index (χ3n) is 2.51. The second kappa shape index (κ2) is 6.99. The third kappa shape index (κ3) is 5.83. The van der Waals surface area contributed by atoms with Crippen molar-refractivity contribution in [2.45, 2.75) is 46.6 Å². The number of aromatic nitrogens is 2. The molecule has 0 radical (unpaired) electrons. The van der Waals surface area contributed by atoms with Crippen molar-refractivity contribution in [2.75, 3.05) is 18.4 Å². The number of likely N-dealkylation sites (N-methyl/N-ethyl adjacent to an activating group) is 1. The van der Waals surface area contributed by atoms with Crippen molar-refractivity contribution in [1.82, 2.24) is 15.1 Å². The molecule has 0 unspecified atom stereocenters. The summed E-state index contributed by atoms with van der Waals surface area (Å²) in [5, 5.41) is 22.0. The number of hydrogen-bond acceptors (Lipinski definition) is 5. The summed E-state index contributed by atoms with van der Waals surface area (Å²) in [5.41, 5.74) is -0.919. The smallest absolute Gasteiger partial charge is 0.323 e. The zero-order valence-corrected chi connectivity index (χ0v) is 13.6. The molecule has 1 aromatic rings. The van der Waals surface area contributed by atoms with Gasteiger partial charge in [0.15, 0.2) is 0 Å². The first kappa shape index (κ1) is 16.8. The minimum absolute atomic E-state index is 0.262. The van der Waals surface area contributed by atoms with E-state index in [1.54, 1.807) is 18.7 Å². The Hall–Kier alpha value is -1.21. The Morgan fingerprint density at radius 2 is 2.10 bits per heavy atom. The SMILES string of the molecule is CCN(CC(C)(C)O)C(=O)Nc1nnc(CC(C)C)s1. The number of carbonyl (C=O) groups excluding carboxylic acids is 1. The fourth-order valence-electron chi connectivity index (χ4n) is 1.70. The van der Waals surface area contributed by atoms with E-state index in [0.29, 0.717) is 17.6 Å². The molecule has 1 aromatic heterocycles. The van der Waals surface area contributed by atoms with Crippen LogP contribution in [0.5, 0.6) is 0 Å². The maximum atomic E-state index is 12.1. The number of nitrogens with one attached hydrogen (secondary N) is 1. The standard InChI is InChI=1S/C13H24N4O2S/c1-6-17(8-13(4,5)19)12(18)14-11-16-15-10(20-11)7-9(2)3/h9,19H,6-8H2,1-5H3,(H,14,16,18). The van der Waals surface area contributed by atoms with Crippen LogP contribution in [0.15, 0.2) is 0 Å². The summed E-state index contributed by atoms with van der Waals surface area (Å²) < 4.78 is 0. The molecule has 1 heterocycles. The lowest BCUT2D eigenvalue weighted by Gasteiger charge is -2.27. The maximum absolute atomic E-state index is 12.1. The minimum atomic E-state index is -0.919. The predicted molar refractivity (Wildman–Crippen MR) is 81.0 cm³/mol. The topological polar surface area (TPSA) is 78.4 Å². The lowest BCUT2D eigenvalue weighted by atomic mass is 10.1. The molecule has 1 rings (SSSR count). The molecule has 0 saturated carbocycles. The van der Waals surface area contributed by atoms with E-state index >= 15 is 0 Å². The van der Waals surface area contributed by atoms with Crippen molar-refractivity contribution in [1.29, 1.82) is 0 Å². The normalized spacial score (nSPS) is 11.8. The molecule has 0 fully saturated rings. The van der Waals surface area contributed by atoms with Crippen LogP contribution >= 0.6 is 11.3 Å². The first-order chi connectivity index (χ1) is 9.21. The average Bonchev–Trinajstić information content (AvgIpc) is 2.71.